The monoisotopic (exact) mass is 245 g/mol. The van der Waals surface area contributed by atoms with Crippen molar-refractivity contribution in [2.24, 2.45) is 7.05 Å². The van der Waals surface area contributed by atoms with Crippen molar-refractivity contribution in [1.82, 2.24) is 14.5 Å². The average molecular weight is 245 g/mol. The van der Waals surface area contributed by atoms with Crippen LogP contribution < -0.4 is 5.69 Å². The second-order valence-corrected chi connectivity index (χ2v) is 4.72. The molecule has 0 saturated carbocycles. The van der Waals surface area contributed by atoms with Crippen LogP contribution in [0, 0.1) is 0 Å². The summed E-state index contributed by atoms with van der Waals surface area (Å²) in [4.78, 5) is 28.3. The highest BCUT2D eigenvalue weighted by atomic mass is 16.2. The van der Waals surface area contributed by atoms with Crippen LogP contribution >= 0.6 is 0 Å². The lowest BCUT2D eigenvalue weighted by molar-refractivity contribution is 0.0793. The highest BCUT2D eigenvalue weighted by Gasteiger charge is 2.19. The van der Waals surface area contributed by atoms with E-state index in [1.54, 1.807) is 23.7 Å². The number of imidazole rings is 1. The molecule has 0 unspecified atom stereocenters. The Hall–Kier alpha value is -2.04. The van der Waals surface area contributed by atoms with Crippen molar-refractivity contribution < 1.29 is 4.79 Å². The van der Waals surface area contributed by atoms with Crippen molar-refractivity contribution in [2.75, 3.05) is 13.1 Å². The molecule has 1 aromatic carbocycles. The molecule has 0 radical (unpaired) electrons. The molecule has 3 rings (SSSR count). The van der Waals surface area contributed by atoms with Gasteiger partial charge in [-0.3, -0.25) is 9.36 Å². The number of hydrogen-bond donors (Lipinski definition) is 1. The Kier molecular flexibility index (Phi) is 2.47. The summed E-state index contributed by atoms with van der Waals surface area (Å²) in [5.74, 6) is 0.0547. The molecular weight excluding hydrogens is 230 g/mol. The second kappa shape index (κ2) is 4.01. The predicted molar refractivity (Wildman–Crippen MR) is 68.7 cm³/mol. The SMILES string of the molecule is Cn1c(=O)[nH]c2cc(C(=O)N3CCCC3)ccc21. The van der Waals surface area contributed by atoms with Gasteiger partial charge in [0.05, 0.1) is 11.0 Å². The summed E-state index contributed by atoms with van der Waals surface area (Å²) in [7, 11) is 1.71. The number of rotatable bonds is 1. The van der Waals surface area contributed by atoms with E-state index in [4.69, 9.17) is 0 Å². The molecule has 5 nitrogen and oxygen atoms in total. The Labute approximate surface area is 104 Å². The summed E-state index contributed by atoms with van der Waals surface area (Å²) < 4.78 is 1.54. The Morgan fingerprint density at radius 3 is 2.72 bits per heavy atom. The maximum Gasteiger partial charge on any atom is 0.326 e. The lowest BCUT2D eigenvalue weighted by Gasteiger charge is -2.14. The molecule has 0 atom stereocenters. The molecule has 1 aliphatic rings. The number of hydrogen-bond acceptors (Lipinski definition) is 2. The van der Waals surface area contributed by atoms with Crippen LogP contribution in [0.25, 0.3) is 11.0 Å². The van der Waals surface area contributed by atoms with Crippen LogP contribution in [0.4, 0.5) is 0 Å². The predicted octanol–water partition coefficient (Wildman–Crippen LogP) is 1.10. The van der Waals surface area contributed by atoms with E-state index >= 15 is 0 Å². The number of H-pyrrole nitrogens is 1. The molecule has 1 amide bonds. The van der Waals surface area contributed by atoms with E-state index in [9.17, 15) is 9.59 Å². The molecule has 1 aromatic heterocycles. The number of aromatic amines is 1. The lowest BCUT2D eigenvalue weighted by Crippen LogP contribution is -2.27. The molecule has 1 fully saturated rings. The molecule has 2 heterocycles. The van der Waals surface area contributed by atoms with Gasteiger partial charge >= 0.3 is 5.69 Å². The standard InChI is InChI=1S/C13H15N3O2/c1-15-11-5-4-9(8-10(11)14-13(15)18)12(17)16-6-2-3-7-16/h4-5,8H,2-3,6-7H2,1H3,(H,14,18). The number of amides is 1. The van der Waals surface area contributed by atoms with Gasteiger partial charge in [-0.25, -0.2) is 4.79 Å². The Morgan fingerprint density at radius 2 is 2.00 bits per heavy atom. The van der Waals surface area contributed by atoms with Crippen molar-refractivity contribution in [1.29, 1.82) is 0 Å². The first kappa shape index (κ1) is 11.1. The lowest BCUT2D eigenvalue weighted by atomic mass is 10.2. The largest absolute Gasteiger partial charge is 0.339 e. The van der Waals surface area contributed by atoms with Crippen LogP contribution in [0.1, 0.15) is 23.2 Å². The normalized spacial score (nSPS) is 15.5. The highest BCUT2D eigenvalue weighted by Crippen LogP contribution is 2.16. The maximum absolute atomic E-state index is 12.2. The highest BCUT2D eigenvalue weighted by molar-refractivity contribution is 5.97. The first-order valence-electron chi connectivity index (χ1n) is 6.15. The molecule has 18 heavy (non-hydrogen) atoms. The van der Waals surface area contributed by atoms with E-state index in [1.165, 1.54) is 0 Å². The summed E-state index contributed by atoms with van der Waals surface area (Å²) in [6, 6.07) is 5.37. The Morgan fingerprint density at radius 1 is 1.28 bits per heavy atom. The van der Waals surface area contributed by atoms with Gasteiger partial charge in [-0.15, -0.1) is 0 Å². The zero-order chi connectivity index (χ0) is 12.7. The van der Waals surface area contributed by atoms with Crippen LogP contribution in [-0.4, -0.2) is 33.4 Å². The molecule has 94 valence electrons. The quantitative estimate of drug-likeness (QED) is 0.818. The van der Waals surface area contributed by atoms with E-state index < -0.39 is 0 Å². The third-order valence-electron chi connectivity index (χ3n) is 3.54. The molecular formula is C13H15N3O2. The number of nitrogens with zero attached hydrogens (tertiary/aromatic N) is 2. The van der Waals surface area contributed by atoms with Gasteiger partial charge in [-0.05, 0) is 31.0 Å². The summed E-state index contributed by atoms with van der Waals surface area (Å²) >= 11 is 0. The minimum Gasteiger partial charge on any atom is -0.339 e. The average Bonchev–Trinajstić information content (AvgIpc) is 2.98. The first-order chi connectivity index (χ1) is 8.66. The molecule has 0 spiro atoms. The van der Waals surface area contributed by atoms with Crippen molar-refractivity contribution in [2.45, 2.75) is 12.8 Å². The fourth-order valence-corrected chi connectivity index (χ4v) is 2.47. The van der Waals surface area contributed by atoms with Gasteiger partial charge in [0.25, 0.3) is 5.91 Å². The second-order valence-electron chi connectivity index (χ2n) is 4.72. The number of benzene rings is 1. The van der Waals surface area contributed by atoms with Crippen LogP contribution in [0.15, 0.2) is 23.0 Å². The fraction of sp³-hybridized carbons (Fsp3) is 0.385. The topological polar surface area (TPSA) is 58.1 Å². The van der Waals surface area contributed by atoms with Gasteiger partial charge in [-0.2, -0.15) is 0 Å². The Bertz CT molecular complexity index is 662. The number of aromatic nitrogens is 2. The van der Waals surface area contributed by atoms with Gasteiger partial charge in [0, 0.05) is 25.7 Å². The zero-order valence-electron chi connectivity index (χ0n) is 10.3. The van der Waals surface area contributed by atoms with Gasteiger partial charge in [0.1, 0.15) is 0 Å². The summed E-state index contributed by atoms with van der Waals surface area (Å²) in [5.41, 5.74) is 2.02. The molecule has 0 aliphatic carbocycles. The van der Waals surface area contributed by atoms with E-state index in [1.807, 2.05) is 11.0 Å². The van der Waals surface area contributed by atoms with Crippen molar-refractivity contribution in [3.8, 4) is 0 Å². The van der Waals surface area contributed by atoms with Crippen molar-refractivity contribution in [3.63, 3.8) is 0 Å². The third kappa shape index (κ3) is 1.63. The molecule has 0 bridgehead atoms. The van der Waals surface area contributed by atoms with Gasteiger partial charge in [-0.1, -0.05) is 0 Å². The Balaban J connectivity index is 2.02. The van der Waals surface area contributed by atoms with Crippen LogP contribution in [0.3, 0.4) is 0 Å². The molecule has 5 heteroatoms. The van der Waals surface area contributed by atoms with E-state index in [-0.39, 0.29) is 11.6 Å². The molecule has 1 N–H and O–H groups in total. The van der Waals surface area contributed by atoms with Crippen molar-refractivity contribution in [3.05, 3.63) is 34.2 Å². The molecule has 2 aromatic rings. The zero-order valence-corrected chi connectivity index (χ0v) is 10.3. The number of likely N-dealkylation sites (tertiary alicyclic amines) is 1. The number of fused-ring (bicyclic) bond motifs is 1. The van der Waals surface area contributed by atoms with Crippen LogP contribution in [0.2, 0.25) is 0 Å². The van der Waals surface area contributed by atoms with Crippen LogP contribution in [-0.2, 0) is 7.05 Å². The van der Waals surface area contributed by atoms with E-state index in [0.717, 1.165) is 31.4 Å². The number of aryl methyl sites for hydroxylation is 1. The van der Waals surface area contributed by atoms with E-state index in [0.29, 0.717) is 11.1 Å². The molecule has 1 saturated heterocycles. The molecule has 1 aliphatic heterocycles. The number of carbonyl (C=O) groups is 1. The van der Waals surface area contributed by atoms with Gasteiger partial charge in [0.15, 0.2) is 0 Å². The summed E-state index contributed by atoms with van der Waals surface area (Å²) in [6.07, 6.45) is 2.16. The van der Waals surface area contributed by atoms with E-state index in [2.05, 4.69) is 4.98 Å². The fourth-order valence-electron chi connectivity index (χ4n) is 2.47. The summed E-state index contributed by atoms with van der Waals surface area (Å²) in [5, 5.41) is 0. The third-order valence-corrected chi connectivity index (χ3v) is 3.54. The summed E-state index contributed by atoms with van der Waals surface area (Å²) in [6.45, 7) is 1.67. The van der Waals surface area contributed by atoms with Crippen LogP contribution in [0.5, 0.6) is 0 Å². The number of nitrogens with one attached hydrogen (secondary N) is 1. The smallest absolute Gasteiger partial charge is 0.326 e. The van der Waals surface area contributed by atoms with Gasteiger partial charge in [0.2, 0.25) is 0 Å². The van der Waals surface area contributed by atoms with Gasteiger partial charge < -0.3 is 9.88 Å². The minimum atomic E-state index is -0.157. The number of carbonyl (C=O) groups excluding carboxylic acids is 1. The first-order valence-corrected chi connectivity index (χ1v) is 6.15. The minimum absolute atomic E-state index is 0.0547. The maximum atomic E-state index is 12.2. The van der Waals surface area contributed by atoms with Crippen molar-refractivity contribution >= 4 is 16.9 Å².